The summed E-state index contributed by atoms with van der Waals surface area (Å²) in [7, 11) is 0. The van der Waals surface area contributed by atoms with Crippen LogP contribution < -0.4 is 16.4 Å². The van der Waals surface area contributed by atoms with E-state index in [-0.39, 0.29) is 0 Å². The van der Waals surface area contributed by atoms with Gasteiger partial charge in [0.15, 0.2) is 0 Å². The van der Waals surface area contributed by atoms with Crippen LogP contribution in [-0.4, -0.2) is 6.03 Å². The number of nitrogens with one attached hydrogen (secondary N) is 2. The number of hydrogen-bond acceptors (Lipinski definition) is 3. The van der Waals surface area contributed by atoms with Crippen molar-refractivity contribution in [1.29, 1.82) is 5.26 Å². The van der Waals surface area contributed by atoms with Crippen molar-refractivity contribution in [2.24, 2.45) is 0 Å². The number of carbonyl (C=O) groups excluding carboxylic acids is 1. The molecular weight excluding hydrogens is 276 g/mol. The highest BCUT2D eigenvalue weighted by Gasteiger charge is 2.08. The van der Waals surface area contributed by atoms with E-state index >= 15 is 0 Å². The number of nitriles is 1. The Hall–Kier alpha value is -2.71. The summed E-state index contributed by atoms with van der Waals surface area (Å²) in [6.45, 7) is 0. The third kappa shape index (κ3) is 3.19. The van der Waals surface area contributed by atoms with Gasteiger partial charge in [0.25, 0.3) is 0 Å². The van der Waals surface area contributed by atoms with Gasteiger partial charge in [-0.2, -0.15) is 5.26 Å². The fourth-order valence-corrected chi connectivity index (χ4v) is 1.81. The van der Waals surface area contributed by atoms with Crippen LogP contribution in [-0.2, 0) is 0 Å². The summed E-state index contributed by atoms with van der Waals surface area (Å²) >= 11 is 5.96. The SMILES string of the molecule is N#Cc1ccc(NC(=O)Nc2c(N)cccc2Cl)cc1. The highest BCUT2D eigenvalue weighted by Crippen LogP contribution is 2.27. The van der Waals surface area contributed by atoms with Gasteiger partial charge in [-0.3, -0.25) is 0 Å². The molecule has 0 aliphatic carbocycles. The van der Waals surface area contributed by atoms with Gasteiger partial charge < -0.3 is 16.4 Å². The number of anilines is 3. The first-order valence-electron chi connectivity index (χ1n) is 5.72. The third-order valence-electron chi connectivity index (χ3n) is 2.56. The number of benzene rings is 2. The van der Waals surface area contributed by atoms with E-state index in [0.717, 1.165) is 0 Å². The number of halogens is 1. The van der Waals surface area contributed by atoms with Gasteiger partial charge in [-0.25, -0.2) is 4.79 Å². The van der Waals surface area contributed by atoms with Gasteiger partial charge in [0.2, 0.25) is 0 Å². The Balaban J connectivity index is 2.07. The zero-order valence-electron chi connectivity index (χ0n) is 10.4. The predicted octanol–water partition coefficient (Wildman–Crippen LogP) is 3.44. The average molecular weight is 287 g/mol. The number of carbonyl (C=O) groups is 1. The molecule has 2 aromatic carbocycles. The van der Waals surface area contributed by atoms with E-state index in [4.69, 9.17) is 22.6 Å². The molecule has 2 aromatic rings. The summed E-state index contributed by atoms with van der Waals surface area (Å²) < 4.78 is 0. The summed E-state index contributed by atoms with van der Waals surface area (Å²) in [6.07, 6.45) is 0. The number of nitrogen functional groups attached to an aromatic ring is 1. The number of amides is 2. The maximum absolute atomic E-state index is 11.8. The van der Waals surface area contributed by atoms with Crippen molar-refractivity contribution < 1.29 is 4.79 Å². The summed E-state index contributed by atoms with van der Waals surface area (Å²) in [6, 6.07) is 13.0. The van der Waals surface area contributed by atoms with E-state index in [1.54, 1.807) is 42.5 Å². The minimum atomic E-state index is -0.463. The van der Waals surface area contributed by atoms with Gasteiger partial charge >= 0.3 is 6.03 Å². The van der Waals surface area contributed by atoms with Crippen LogP contribution in [0.5, 0.6) is 0 Å². The maximum Gasteiger partial charge on any atom is 0.323 e. The molecule has 0 saturated carbocycles. The van der Waals surface area contributed by atoms with E-state index in [0.29, 0.717) is 27.6 Å². The van der Waals surface area contributed by atoms with Crippen LogP contribution in [0, 0.1) is 11.3 Å². The molecule has 2 rings (SSSR count). The Morgan fingerprint density at radius 3 is 2.45 bits per heavy atom. The molecule has 5 nitrogen and oxygen atoms in total. The Labute approximate surface area is 121 Å². The van der Waals surface area contributed by atoms with Crippen molar-refractivity contribution in [2.45, 2.75) is 0 Å². The molecule has 0 aromatic heterocycles. The first kappa shape index (κ1) is 13.7. The molecule has 0 radical (unpaired) electrons. The van der Waals surface area contributed by atoms with Gasteiger partial charge in [0.05, 0.1) is 28.0 Å². The van der Waals surface area contributed by atoms with Gasteiger partial charge in [-0.1, -0.05) is 17.7 Å². The molecule has 0 unspecified atom stereocenters. The van der Waals surface area contributed by atoms with Gasteiger partial charge in [0, 0.05) is 5.69 Å². The van der Waals surface area contributed by atoms with E-state index in [2.05, 4.69) is 10.6 Å². The number of rotatable bonds is 2. The smallest absolute Gasteiger partial charge is 0.323 e. The molecule has 0 bridgehead atoms. The average Bonchev–Trinajstić information content (AvgIpc) is 2.44. The van der Waals surface area contributed by atoms with Crippen LogP contribution in [0.2, 0.25) is 5.02 Å². The Morgan fingerprint density at radius 1 is 1.15 bits per heavy atom. The lowest BCUT2D eigenvalue weighted by Crippen LogP contribution is -2.20. The van der Waals surface area contributed by atoms with Crippen LogP contribution >= 0.6 is 11.6 Å². The van der Waals surface area contributed by atoms with Crippen molar-refractivity contribution in [3.05, 3.63) is 53.1 Å². The van der Waals surface area contributed by atoms with Crippen molar-refractivity contribution in [3.8, 4) is 6.07 Å². The van der Waals surface area contributed by atoms with E-state index in [9.17, 15) is 4.79 Å². The minimum Gasteiger partial charge on any atom is -0.397 e. The van der Waals surface area contributed by atoms with Gasteiger partial charge in [-0.05, 0) is 36.4 Å². The molecule has 0 aliphatic rings. The van der Waals surface area contributed by atoms with Gasteiger partial charge in [0.1, 0.15) is 0 Å². The molecule has 0 saturated heterocycles. The number of hydrogen-bond donors (Lipinski definition) is 3. The van der Waals surface area contributed by atoms with E-state index in [1.165, 1.54) is 0 Å². The molecule has 0 atom stereocenters. The summed E-state index contributed by atoms with van der Waals surface area (Å²) in [5.41, 5.74) is 7.56. The Bertz CT molecular complexity index is 656. The topological polar surface area (TPSA) is 90.9 Å². The van der Waals surface area contributed by atoms with Crippen molar-refractivity contribution in [1.82, 2.24) is 0 Å². The summed E-state index contributed by atoms with van der Waals surface area (Å²) in [4.78, 5) is 11.8. The molecule has 0 fully saturated rings. The zero-order valence-corrected chi connectivity index (χ0v) is 11.1. The lowest BCUT2D eigenvalue weighted by molar-refractivity contribution is 0.262. The number of para-hydroxylation sites is 1. The molecule has 6 heteroatoms. The molecular formula is C14H11ClN4O. The van der Waals surface area contributed by atoms with Crippen molar-refractivity contribution in [2.75, 3.05) is 16.4 Å². The fraction of sp³-hybridized carbons (Fsp3) is 0. The molecule has 4 N–H and O–H groups in total. The predicted molar refractivity (Wildman–Crippen MR) is 79.7 cm³/mol. The molecule has 0 heterocycles. The first-order chi connectivity index (χ1) is 9.60. The van der Waals surface area contributed by atoms with Crippen LogP contribution in [0.25, 0.3) is 0 Å². The van der Waals surface area contributed by atoms with Crippen molar-refractivity contribution in [3.63, 3.8) is 0 Å². The monoisotopic (exact) mass is 286 g/mol. The normalized spacial score (nSPS) is 9.60. The minimum absolute atomic E-state index is 0.361. The first-order valence-corrected chi connectivity index (χ1v) is 6.10. The standard InChI is InChI=1S/C14H11ClN4O/c15-11-2-1-3-12(17)13(11)19-14(20)18-10-6-4-9(8-16)5-7-10/h1-7H,17H2,(H2,18,19,20). The highest BCUT2D eigenvalue weighted by atomic mass is 35.5. The molecule has 0 aliphatic heterocycles. The van der Waals surface area contributed by atoms with E-state index < -0.39 is 6.03 Å². The quantitative estimate of drug-likeness (QED) is 0.739. The van der Waals surface area contributed by atoms with E-state index in [1.807, 2.05) is 6.07 Å². The molecule has 20 heavy (non-hydrogen) atoms. The number of nitrogens with two attached hydrogens (primary N) is 1. The third-order valence-corrected chi connectivity index (χ3v) is 2.87. The molecule has 0 spiro atoms. The second kappa shape index (κ2) is 5.95. The summed E-state index contributed by atoms with van der Waals surface area (Å²) in [5, 5.41) is 14.3. The lowest BCUT2D eigenvalue weighted by atomic mass is 10.2. The number of urea groups is 1. The molecule has 100 valence electrons. The Morgan fingerprint density at radius 2 is 1.85 bits per heavy atom. The highest BCUT2D eigenvalue weighted by molar-refractivity contribution is 6.34. The van der Waals surface area contributed by atoms with Crippen LogP contribution in [0.15, 0.2) is 42.5 Å². The Kier molecular flexibility index (Phi) is 4.08. The largest absolute Gasteiger partial charge is 0.397 e. The zero-order chi connectivity index (χ0) is 14.5. The lowest BCUT2D eigenvalue weighted by Gasteiger charge is -2.11. The fourth-order valence-electron chi connectivity index (χ4n) is 1.58. The van der Waals surface area contributed by atoms with Crippen molar-refractivity contribution >= 4 is 34.7 Å². The summed E-state index contributed by atoms with van der Waals surface area (Å²) in [5.74, 6) is 0. The molecule has 2 amide bonds. The van der Waals surface area contributed by atoms with Crippen LogP contribution in [0.3, 0.4) is 0 Å². The van der Waals surface area contributed by atoms with Crippen LogP contribution in [0.1, 0.15) is 5.56 Å². The second-order valence-electron chi connectivity index (χ2n) is 3.97. The number of nitrogens with zero attached hydrogens (tertiary/aromatic N) is 1. The second-order valence-corrected chi connectivity index (χ2v) is 4.38. The maximum atomic E-state index is 11.8. The van der Waals surface area contributed by atoms with Gasteiger partial charge in [-0.15, -0.1) is 0 Å². The van der Waals surface area contributed by atoms with Crippen LogP contribution in [0.4, 0.5) is 21.9 Å².